The van der Waals surface area contributed by atoms with Gasteiger partial charge < -0.3 is 5.73 Å². The number of nitrogens with one attached hydrogen (secondary N) is 1. The summed E-state index contributed by atoms with van der Waals surface area (Å²) < 4.78 is 28.3. The Kier molecular flexibility index (Phi) is 2.99. The number of nitro groups is 1. The van der Waals surface area contributed by atoms with Crippen molar-refractivity contribution in [1.29, 1.82) is 0 Å². The van der Waals surface area contributed by atoms with Crippen molar-refractivity contribution in [3.8, 4) is 11.3 Å². The molecule has 22 heavy (non-hydrogen) atoms. The molecular formula is C11H8N6O4S. The number of rotatable bonds is 2. The van der Waals surface area contributed by atoms with Gasteiger partial charge in [-0.3, -0.25) is 10.1 Å². The maximum Gasteiger partial charge on any atom is 0.345 e. The van der Waals surface area contributed by atoms with Crippen LogP contribution in [0.15, 0.2) is 34.9 Å². The van der Waals surface area contributed by atoms with E-state index >= 15 is 0 Å². The molecule has 0 amide bonds. The second kappa shape index (κ2) is 4.73. The molecule has 0 radical (unpaired) electrons. The standard InChI is InChI=1S/C11H8N6O4S/c12-10-9-11(16-22(20,21)15-10)14-8(5-13-9)6-1-3-7(4-2-6)17(18)19/h1-5H,(H2,12,15)(H,14,16). The lowest BCUT2D eigenvalue weighted by molar-refractivity contribution is -0.384. The first-order valence-corrected chi connectivity index (χ1v) is 7.30. The highest BCUT2D eigenvalue weighted by atomic mass is 32.2. The minimum Gasteiger partial charge on any atom is -0.381 e. The summed E-state index contributed by atoms with van der Waals surface area (Å²) in [5.41, 5.74) is 6.46. The van der Waals surface area contributed by atoms with Crippen LogP contribution in [0.3, 0.4) is 0 Å². The van der Waals surface area contributed by atoms with Gasteiger partial charge in [0.05, 0.1) is 16.8 Å². The zero-order valence-corrected chi connectivity index (χ0v) is 11.6. The number of nitrogens with zero attached hydrogens (tertiary/aromatic N) is 4. The molecule has 1 aromatic carbocycles. The quantitative estimate of drug-likeness (QED) is 0.600. The Bertz CT molecular complexity index is 907. The summed E-state index contributed by atoms with van der Waals surface area (Å²) in [5.74, 6) is -0.292. The summed E-state index contributed by atoms with van der Waals surface area (Å²) in [5, 5.41) is 10.6. The maximum atomic E-state index is 11.5. The summed E-state index contributed by atoms with van der Waals surface area (Å²) in [6, 6.07) is 5.61. The van der Waals surface area contributed by atoms with Gasteiger partial charge in [0.2, 0.25) is 0 Å². The maximum absolute atomic E-state index is 11.5. The van der Waals surface area contributed by atoms with E-state index in [1.165, 1.54) is 30.5 Å². The van der Waals surface area contributed by atoms with Crippen molar-refractivity contribution in [3.63, 3.8) is 0 Å². The fraction of sp³-hybridized carbons (Fsp3) is 0. The Labute approximate surface area is 124 Å². The van der Waals surface area contributed by atoms with Crippen molar-refractivity contribution in [1.82, 2.24) is 9.97 Å². The molecule has 0 fully saturated rings. The Balaban J connectivity index is 2.05. The molecule has 0 saturated carbocycles. The van der Waals surface area contributed by atoms with Gasteiger partial charge >= 0.3 is 10.2 Å². The number of hydrogen-bond acceptors (Lipinski definition) is 7. The van der Waals surface area contributed by atoms with Crippen LogP contribution >= 0.6 is 0 Å². The average molecular weight is 320 g/mol. The molecule has 112 valence electrons. The van der Waals surface area contributed by atoms with E-state index in [1.807, 2.05) is 0 Å². The summed E-state index contributed by atoms with van der Waals surface area (Å²) in [6.45, 7) is 0. The van der Waals surface area contributed by atoms with Gasteiger partial charge in [0.25, 0.3) is 5.69 Å². The van der Waals surface area contributed by atoms with E-state index in [4.69, 9.17) is 5.73 Å². The molecule has 0 saturated heterocycles. The predicted molar refractivity (Wildman–Crippen MR) is 77.4 cm³/mol. The molecule has 10 nitrogen and oxygen atoms in total. The summed E-state index contributed by atoms with van der Waals surface area (Å²) in [6.07, 6.45) is 1.38. The topological polar surface area (TPSA) is 153 Å². The number of aromatic nitrogens is 2. The molecule has 0 atom stereocenters. The molecule has 1 aliphatic rings. The van der Waals surface area contributed by atoms with Gasteiger partial charge in [-0.15, -0.1) is 4.40 Å². The number of nitro benzene ring substituents is 1. The van der Waals surface area contributed by atoms with Crippen LogP contribution in [0.25, 0.3) is 11.3 Å². The van der Waals surface area contributed by atoms with Gasteiger partial charge in [0, 0.05) is 17.7 Å². The number of hydrogen-bond donors (Lipinski definition) is 2. The van der Waals surface area contributed by atoms with Crippen molar-refractivity contribution < 1.29 is 13.3 Å². The number of nitrogens with two attached hydrogens (primary N) is 1. The fourth-order valence-electron chi connectivity index (χ4n) is 1.86. The molecular weight excluding hydrogens is 312 g/mol. The highest BCUT2D eigenvalue weighted by molar-refractivity contribution is 7.91. The lowest BCUT2D eigenvalue weighted by atomic mass is 10.1. The predicted octanol–water partition coefficient (Wildman–Crippen LogP) is 0.427. The number of amidine groups is 1. The lowest BCUT2D eigenvalue weighted by Crippen LogP contribution is -2.28. The monoisotopic (exact) mass is 320 g/mol. The first-order chi connectivity index (χ1) is 10.4. The van der Waals surface area contributed by atoms with E-state index < -0.39 is 15.1 Å². The van der Waals surface area contributed by atoms with Gasteiger partial charge in [-0.1, -0.05) is 0 Å². The number of benzene rings is 1. The van der Waals surface area contributed by atoms with E-state index in [-0.39, 0.29) is 23.0 Å². The molecule has 3 rings (SSSR count). The van der Waals surface area contributed by atoms with Crippen LogP contribution in [0.1, 0.15) is 5.69 Å². The molecule has 2 aromatic rings. The highest BCUT2D eigenvalue weighted by Gasteiger charge is 2.24. The van der Waals surface area contributed by atoms with E-state index in [1.54, 1.807) is 0 Å². The van der Waals surface area contributed by atoms with Crippen LogP contribution in [-0.4, -0.2) is 29.1 Å². The van der Waals surface area contributed by atoms with Gasteiger partial charge in [-0.2, -0.15) is 8.42 Å². The van der Waals surface area contributed by atoms with Gasteiger partial charge in [-0.25, -0.2) is 14.7 Å². The molecule has 1 aliphatic heterocycles. The third-order valence-corrected chi connectivity index (χ3v) is 3.72. The normalized spacial score (nSPS) is 15.4. The van der Waals surface area contributed by atoms with Crippen LogP contribution in [-0.2, 0) is 10.2 Å². The van der Waals surface area contributed by atoms with Crippen LogP contribution < -0.4 is 10.5 Å². The molecule has 11 heteroatoms. The second-order valence-corrected chi connectivity index (χ2v) is 5.65. The lowest BCUT2D eigenvalue weighted by Gasteiger charge is -2.14. The van der Waals surface area contributed by atoms with Crippen LogP contribution in [0.4, 0.5) is 11.5 Å². The van der Waals surface area contributed by atoms with Gasteiger partial charge in [0.1, 0.15) is 5.69 Å². The van der Waals surface area contributed by atoms with Gasteiger partial charge in [0.15, 0.2) is 11.7 Å². The molecule has 0 spiro atoms. The SMILES string of the molecule is NC1=NS(=O)(=O)Nc2nc(-c3ccc([N+](=O)[O-])cc3)cnc21. The van der Waals surface area contributed by atoms with E-state index in [0.717, 1.165) is 0 Å². The zero-order chi connectivity index (χ0) is 15.9. The van der Waals surface area contributed by atoms with E-state index in [2.05, 4.69) is 19.1 Å². The van der Waals surface area contributed by atoms with Crippen LogP contribution in [0, 0.1) is 10.1 Å². The smallest absolute Gasteiger partial charge is 0.345 e. The number of fused-ring (bicyclic) bond motifs is 1. The third kappa shape index (κ3) is 2.44. The minimum atomic E-state index is -3.94. The van der Waals surface area contributed by atoms with Gasteiger partial charge in [-0.05, 0) is 12.1 Å². The Hall–Kier alpha value is -3.08. The summed E-state index contributed by atoms with van der Waals surface area (Å²) >= 11 is 0. The van der Waals surface area contributed by atoms with Crippen molar-refractivity contribution in [2.45, 2.75) is 0 Å². The molecule has 3 N–H and O–H groups in total. The van der Waals surface area contributed by atoms with Crippen molar-refractivity contribution >= 4 is 27.6 Å². The van der Waals surface area contributed by atoms with Crippen molar-refractivity contribution in [2.24, 2.45) is 10.1 Å². The largest absolute Gasteiger partial charge is 0.381 e. The molecule has 2 heterocycles. The fourth-order valence-corrected chi connectivity index (χ4v) is 2.64. The minimum absolute atomic E-state index is 0.0386. The van der Waals surface area contributed by atoms with E-state index in [0.29, 0.717) is 11.3 Å². The highest BCUT2D eigenvalue weighted by Crippen LogP contribution is 2.24. The van der Waals surface area contributed by atoms with Crippen LogP contribution in [0.5, 0.6) is 0 Å². The van der Waals surface area contributed by atoms with Crippen molar-refractivity contribution in [2.75, 3.05) is 4.72 Å². The second-order valence-electron chi connectivity index (χ2n) is 4.31. The van der Waals surface area contributed by atoms with Crippen LogP contribution in [0.2, 0.25) is 0 Å². The van der Waals surface area contributed by atoms with E-state index in [9.17, 15) is 18.5 Å². The first kappa shape index (κ1) is 13.9. The summed E-state index contributed by atoms with van der Waals surface area (Å²) in [7, 11) is -3.94. The number of non-ortho nitro benzene ring substituents is 1. The number of anilines is 1. The summed E-state index contributed by atoms with van der Waals surface area (Å²) in [4.78, 5) is 18.2. The molecule has 0 aliphatic carbocycles. The molecule has 0 bridgehead atoms. The molecule has 1 aromatic heterocycles. The average Bonchev–Trinajstić information content (AvgIpc) is 2.45. The third-order valence-electron chi connectivity index (χ3n) is 2.83. The first-order valence-electron chi connectivity index (χ1n) is 5.86. The Morgan fingerprint density at radius 1 is 1.23 bits per heavy atom. The Morgan fingerprint density at radius 3 is 2.55 bits per heavy atom. The Morgan fingerprint density at radius 2 is 1.91 bits per heavy atom. The van der Waals surface area contributed by atoms with Crippen molar-refractivity contribution in [3.05, 3.63) is 46.3 Å². The zero-order valence-electron chi connectivity index (χ0n) is 10.8. The molecule has 0 unspecified atom stereocenters.